The maximum absolute atomic E-state index is 13.0. The lowest BCUT2D eigenvalue weighted by Crippen LogP contribution is -2.03. The smallest absolute Gasteiger partial charge is 0.209 e. The van der Waals surface area contributed by atoms with Gasteiger partial charge in [0.25, 0.3) is 0 Å². The van der Waals surface area contributed by atoms with E-state index in [1.165, 1.54) is 0 Å². The summed E-state index contributed by atoms with van der Waals surface area (Å²) in [5.74, 6) is 0.0145. The van der Waals surface area contributed by atoms with Crippen molar-refractivity contribution in [3.63, 3.8) is 0 Å². The standard InChI is InChI=1S/C21H15NO/c23-21(16-11-5-2-6-12-16)20-19(15-9-3-1-4-10-15)17-13-7-8-14-18(17)22-20/h1-14,22H. The maximum atomic E-state index is 13.0. The number of benzene rings is 3. The lowest BCUT2D eigenvalue weighted by atomic mass is 9.98. The minimum absolute atomic E-state index is 0.0145. The van der Waals surface area contributed by atoms with Gasteiger partial charge >= 0.3 is 0 Å². The van der Waals surface area contributed by atoms with Gasteiger partial charge in [-0.3, -0.25) is 4.79 Å². The second-order valence-electron chi connectivity index (χ2n) is 5.48. The molecule has 23 heavy (non-hydrogen) atoms. The van der Waals surface area contributed by atoms with Crippen LogP contribution in [0.2, 0.25) is 0 Å². The topological polar surface area (TPSA) is 32.9 Å². The number of fused-ring (bicyclic) bond motifs is 1. The van der Waals surface area contributed by atoms with E-state index in [0.717, 1.165) is 22.0 Å². The van der Waals surface area contributed by atoms with Gasteiger partial charge in [0.05, 0.1) is 5.69 Å². The second kappa shape index (κ2) is 5.58. The predicted octanol–water partition coefficient (Wildman–Crippen LogP) is 5.07. The molecule has 0 fully saturated rings. The van der Waals surface area contributed by atoms with Crippen LogP contribution < -0.4 is 0 Å². The van der Waals surface area contributed by atoms with Gasteiger partial charge in [-0.25, -0.2) is 0 Å². The highest BCUT2D eigenvalue weighted by Gasteiger charge is 2.19. The average Bonchev–Trinajstić information content (AvgIpc) is 3.02. The van der Waals surface area contributed by atoms with E-state index in [2.05, 4.69) is 11.1 Å². The van der Waals surface area contributed by atoms with Crippen LogP contribution in [-0.2, 0) is 0 Å². The Morgan fingerprint density at radius 2 is 1.30 bits per heavy atom. The molecule has 0 bridgehead atoms. The van der Waals surface area contributed by atoms with Crippen molar-refractivity contribution < 1.29 is 4.79 Å². The highest BCUT2D eigenvalue weighted by molar-refractivity contribution is 6.16. The molecule has 1 heterocycles. The Kier molecular flexibility index (Phi) is 3.28. The summed E-state index contributed by atoms with van der Waals surface area (Å²) >= 11 is 0. The molecule has 1 N–H and O–H groups in total. The third-order valence-corrected chi connectivity index (χ3v) is 4.03. The van der Waals surface area contributed by atoms with Crippen molar-refractivity contribution in [2.24, 2.45) is 0 Å². The molecule has 0 aliphatic rings. The van der Waals surface area contributed by atoms with Crippen molar-refractivity contribution >= 4 is 16.7 Å². The molecule has 0 amide bonds. The van der Waals surface area contributed by atoms with Gasteiger partial charge in [-0.2, -0.15) is 0 Å². The van der Waals surface area contributed by atoms with E-state index in [4.69, 9.17) is 0 Å². The van der Waals surface area contributed by atoms with E-state index in [1.807, 2.05) is 78.9 Å². The van der Waals surface area contributed by atoms with Crippen molar-refractivity contribution in [2.45, 2.75) is 0 Å². The zero-order chi connectivity index (χ0) is 15.6. The Balaban J connectivity index is 1.98. The molecule has 0 radical (unpaired) electrons. The van der Waals surface area contributed by atoms with Crippen molar-refractivity contribution in [3.8, 4) is 11.1 Å². The molecule has 1 aromatic heterocycles. The Labute approximate surface area is 134 Å². The average molecular weight is 297 g/mol. The van der Waals surface area contributed by atoms with E-state index in [0.29, 0.717) is 11.3 Å². The van der Waals surface area contributed by atoms with Gasteiger partial charge in [-0.05, 0) is 11.6 Å². The fraction of sp³-hybridized carbons (Fsp3) is 0. The zero-order valence-corrected chi connectivity index (χ0v) is 12.5. The molecule has 2 nitrogen and oxygen atoms in total. The second-order valence-corrected chi connectivity index (χ2v) is 5.48. The Bertz CT molecular complexity index is 969. The molecule has 0 saturated heterocycles. The number of hydrogen-bond acceptors (Lipinski definition) is 1. The number of aromatic nitrogens is 1. The third-order valence-electron chi connectivity index (χ3n) is 4.03. The molecular weight excluding hydrogens is 282 g/mol. The summed E-state index contributed by atoms with van der Waals surface area (Å²) in [6.07, 6.45) is 0. The van der Waals surface area contributed by atoms with Crippen LogP contribution in [0.1, 0.15) is 16.1 Å². The summed E-state index contributed by atoms with van der Waals surface area (Å²) in [4.78, 5) is 16.3. The number of nitrogens with one attached hydrogen (secondary N) is 1. The first kappa shape index (κ1) is 13.5. The van der Waals surface area contributed by atoms with Gasteiger partial charge < -0.3 is 4.98 Å². The number of para-hydroxylation sites is 1. The summed E-state index contributed by atoms with van der Waals surface area (Å²) < 4.78 is 0. The van der Waals surface area contributed by atoms with Crippen molar-refractivity contribution in [1.29, 1.82) is 0 Å². The monoisotopic (exact) mass is 297 g/mol. The molecule has 4 rings (SSSR count). The molecule has 0 aliphatic carbocycles. The number of carbonyl (C=O) groups excluding carboxylic acids is 1. The first-order valence-corrected chi connectivity index (χ1v) is 7.60. The predicted molar refractivity (Wildman–Crippen MR) is 93.6 cm³/mol. The largest absolute Gasteiger partial charge is 0.351 e. The molecule has 110 valence electrons. The quantitative estimate of drug-likeness (QED) is 0.526. The highest BCUT2D eigenvalue weighted by atomic mass is 16.1. The lowest BCUT2D eigenvalue weighted by molar-refractivity contribution is 0.103. The van der Waals surface area contributed by atoms with Crippen LogP contribution in [0.4, 0.5) is 0 Å². The highest BCUT2D eigenvalue weighted by Crippen LogP contribution is 2.33. The van der Waals surface area contributed by atoms with E-state index in [-0.39, 0.29) is 5.78 Å². The van der Waals surface area contributed by atoms with Crippen LogP contribution in [0.3, 0.4) is 0 Å². The van der Waals surface area contributed by atoms with Crippen LogP contribution >= 0.6 is 0 Å². The summed E-state index contributed by atoms with van der Waals surface area (Å²) in [5.41, 5.74) is 4.32. The molecule has 0 saturated carbocycles. The third kappa shape index (κ3) is 2.34. The van der Waals surface area contributed by atoms with Gasteiger partial charge in [0.1, 0.15) is 0 Å². The Morgan fingerprint density at radius 1 is 0.696 bits per heavy atom. The number of aromatic amines is 1. The minimum atomic E-state index is 0.0145. The van der Waals surface area contributed by atoms with Crippen molar-refractivity contribution in [2.75, 3.05) is 0 Å². The minimum Gasteiger partial charge on any atom is -0.351 e. The van der Waals surface area contributed by atoms with Gasteiger partial charge in [-0.1, -0.05) is 78.9 Å². The van der Waals surface area contributed by atoms with Gasteiger partial charge in [0.15, 0.2) is 0 Å². The lowest BCUT2D eigenvalue weighted by Gasteiger charge is -2.05. The molecule has 0 spiro atoms. The van der Waals surface area contributed by atoms with Gasteiger partial charge in [0, 0.05) is 22.0 Å². The van der Waals surface area contributed by atoms with E-state index < -0.39 is 0 Å². The van der Waals surface area contributed by atoms with Crippen LogP contribution in [-0.4, -0.2) is 10.8 Å². The fourth-order valence-corrected chi connectivity index (χ4v) is 2.95. The van der Waals surface area contributed by atoms with Gasteiger partial charge in [-0.15, -0.1) is 0 Å². The summed E-state index contributed by atoms with van der Waals surface area (Å²) in [6, 6.07) is 27.5. The van der Waals surface area contributed by atoms with Gasteiger partial charge in [0.2, 0.25) is 5.78 Å². The first-order chi connectivity index (χ1) is 11.3. The van der Waals surface area contributed by atoms with E-state index in [9.17, 15) is 4.79 Å². The van der Waals surface area contributed by atoms with Crippen LogP contribution in [0, 0.1) is 0 Å². The Hall–Kier alpha value is -3.13. The molecule has 0 unspecified atom stereocenters. The van der Waals surface area contributed by atoms with Crippen LogP contribution in [0.15, 0.2) is 84.9 Å². The molecule has 0 atom stereocenters. The summed E-state index contributed by atoms with van der Waals surface area (Å²) in [5, 5.41) is 1.07. The SMILES string of the molecule is O=C(c1ccccc1)c1[nH]c2ccccc2c1-c1ccccc1. The van der Waals surface area contributed by atoms with Crippen LogP contribution in [0.25, 0.3) is 22.0 Å². The van der Waals surface area contributed by atoms with E-state index >= 15 is 0 Å². The molecule has 2 heteroatoms. The number of H-pyrrole nitrogens is 1. The number of rotatable bonds is 3. The van der Waals surface area contributed by atoms with Crippen molar-refractivity contribution in [3.05, 3.63) is 96.2 Å². The number of carbonyl (C=O) groups is 1. The number of ketones is 1. The Morgan fingerprint density at radius 3 is 2.04 bits per heavy atom. The normalized spacial score (nSPS) is 10.8. The first-order valence-electron chi connectivity index (χ1n) is 7.60. The summed E-state index contributed by atoms with van der Waals surface area (Å²) in [6.45, 7) is 0. The fourth-order valence-electron chi connectivity index (χ4n) is 2.95. The van der Waals surface area contributed by atoms with E-state index in [1.54, 1.807) is 0 Å². The molecule has 3 aromatic carbocycles. The van der Waals surface area contributed by atoms with Crippen molar-refractivity contribution in [1.82, 2.24) is 4.98 Å². The number of hydrogen-bond donors (Lipinski definition) is 1. The maximum Gasteiger partial charge on any atom is 0.209 e. The molecule has 4 aromatic rings. The van der Waals surface area contributed by atoms with Crippen LogP contribution in [0.5, 0.6) is 0 Å². The molecular formula is C21H15NO. The summed E-state index contributed by atoms with van der Waals surface area (Å²) in [7, 11) is 0. The molecule has 0 aliphatic heterocycles. The zero-order valence-electron chi connectivity index (χ0n) is 12.5.